The molecule has 2 aromatic heterocycles. The molecular weight excluding hydrogens is 314 g/mol. The maximum Gasteiger partial charge on any atom is 0.165 e. The first-order chi connectivity index (χ1) is 12.2. The van der Waals surface area contributed by atoms with Gasteiger partial charge in [-0.3, -0.25) is 4.98 Å². The molecule has 0 bridgehead atoms. The summed E-state index contributed by atoms with van der Waals surface area (Å²) >= 11 is 0. The monoisotopic (exact) mass is 335 g/mol. The fourth-order valence-electron chi connectivity index (χ4n) is 3.23. The Labute approximate surface area is 146 Å². The Hall–Kier alpha value is -2.89. The summed E-state index contributed by atoms with van der Waals surface area (Å²) in [5.41, 5.74) is 4.49. The Bertz CT molecular complexity index is 889. The van der Waals surface area contributed by atoms with Crippen LogP contribution in [-0.4, -0.2) is 26.4 Å². The first-order valence-electron chi connectivity index (χ1n) is 8.56. The van der Waals surface area contributed by atoms with E-state index < -0.39 is 0 Å². The van der Waals surface area contributed by atoms with Crippen molar-refractivity contribution in [3.8, 4) is 17.1 Å². The third-order valence-corrected chi connectivity index (χ3v) is 4.57. The lowest BCUT2D eigenvalue weighted by molar-refractivity contribution is 0.357. The Morgan fingerprint density at radius 2 is 2.20 bits per heavy atom. The fourth-order valence-corrected chi connectivity index (χ4v) is 3.23. The summed E-state index contributed by atoms with van der Waals surface area (Å²) in [4.78, 5) is 4.36. The van der Waals surface area contributed by atoms with Gasteiger partial charge in [-0.15, -0.1) is 10.2 Å². The van der Waals surface area contributed by atoms with Crippen LogP contribution in [0.15, 0.2) is 43.0 Å². The summed E-state index contributed by atoms with van der Waals surface area (Å²) in [6.07, 6.45) is 7.31. The summed E-state index contributed by atoms with van der Waals surface area (Å²) in [5.74, 6) is 1.82. The number of nitrogens with one attached hydrogen (secondary N) is 1. The zero-order chi connectivity index (χ0) is 17.2. The van der Waals surface area contributed by atoms with Crippen LogP contribution >= 0.6 is 0 Å². The van der Waals surface area contributed by atoms with Crippen molar-refractivity contribution < 1.29 is 4.74 Å². The van der Waals surface area contributed by atoms with Crippen LogP contribution in [0.1, 0.15) is 30.5 Å². The summed E-state index contributed by atoms with van der Waals surface area (Å²) in [5, 5.41) is 11.7. The van der Waals surface area contributed by atoms with Gasteiger partial charge in [0.05, 0.1) is 18.3 Å². The van der Waals surface area contributed by atoms with Gasteiger partial charge in [0.15, 0.2) is 5.82 Å². The maximum atomic E-state index is 5.61. The quantitative estimate of drug-likeness (QED) is 0.774. The molecule has 0 aliphatic carbocycles. The van der Waals surface area contributed by atoms with Crippen LogP contribution in [0.4, 0.5) is 5.69 Å². The average molecular weight is 335 g/mol. The number of hydrogen-bond acceptors (Lipinski definition) is 5. The molecule has 25 heavy (non-hydrogen) atoms. The molecule has 0 saturated carbocycles. The highest BCUT2D eigenvalue weighted by molar-refractivity contribution is 5.61. The third kappa shape index (κ3) is 3.07. The van der Waals surface area contributed by atoms with Crippen molar-refractivity contribution in [2.24, 2.45) is 7.05 Å². The fraction of sp³-hybridized carbons (Fsp3) is 0.316. The first kappa shape index (κ1) is 15.6. The van der Waals surface area contributed by atoms with E-state index in [9.17, 15) is 0 Å². The molecule has 1 atom stereocenters. The number of hydrogen-bond donors (Lipinski definition) is 1. The Morgan fingerprint density at radius 1 is 1.28 bits per heavy atom. The highest BCUT2D eigenvalue weighted by Gasteiger charge is 2.16. The molecule has 128 valence electrons. The van der Waals surface area contributed by atoms with Crippen LogP contribution in [0.25, 0.3) is 11.4 Å². The maximum absolute atomic E-state index is 5.61. The molecule has 3 heterocycles. The van der Waals surface area contributed by atoms with E-state index in [1.54, 1.807) is 6.33 Å². The topological polar surface area (TPSA) is 64.9 Å². The second kappa shape index (κ2) is 6.55. The van der Waals surface area contributed by atoms with Crippen LogP contribution < -0.4 is 10.1 Å². The first-order valence-corrected chi connectivity index (χ1v) is 8.56. The van der Waals surface area contributed by atoms with E-state index in [0.717, 1.165) is 42.3 Å². The molecule has 6 heteroatoms. The zero-order valence-electron chi connectivity index (χ0n) is 14.4. The molecule has 1 aromatic carbocycles. The predicted molar refractivity (Wildman–Crippen MR) is 96.5 cm³/mol. The van der Waals surface area contributed by atoms with Gasteiger partial charge in [-0.2, -0.15) is 0 Å². The molecule has 3 aromatic rings. The molecule has 1 unspecified atom stereocenters. The number of fused-ring (bicyclic) bond motifs is 1. The number of anilines is 1. The van der Waals surface area contributed by atoms with Crippen LogP contribution in [0.5, 0.6) is 5.75 Å². The highest BCUT2D eigenvalue weighted by Crippen LogP contribution is 2.31. The lowest BCUT2D eigenvalue weighted by Crippen LogP contribution is -2.10. The van der Waals surface area contributed by atoms with Crippen LogP contribution in [0.2, 0.25) is 0 Å². The molecule has 4 rings (SSSR count). The van der Waals surface area contributed by atoms with Gasteiger partial charge in [0, 0.05) is 31.4 Å². The Morgan fingerprint density at radius 3 is 3.00 bits per heavy atom. The molecule has 6 nitrogen and oxygen atoms in total. The molecule has 1 N–H and O–H groups in total. The van der Waals surface area contributed by atoms with E-state index in [4.69, 9.17) is 4.74 Å². The van der Waals surface area contributed by atoms with E-state index in [-0.39, 0.29) is 6.04 Å². The third-order valence-electron chi connectivity index (χ3n) is 4.57. The van der Waals surface area contributed by atoms with Crippen molar-refractivity contribution in [3.05, 3.63) is 54.1 Å². The van der Waals surface area contributed by atoms with Crippen molar-refractivity contribution in [2.75, 3.05) is 11.9 Å². The molecule has 0 radical (unpaired) electrons. The van der Waals surface area contributed by atoms with Crippen molar-refractivity contribution in [3.63, 3.8) is 0 Å². The second-order valence-corrected chi connectivity index (χ2v) is 6.30. The molecule has 1 aliphatic heterocycles. The largest absolute Gasteiger partial charge is 0.493 e. The summed E-state index contributed by atoms with van der Waals surface area (Å²) in [6, 6.07) is 8.77. The molecule has 0 fully saturated rings. The van der Waals surface area contributed by atoms with Gasteiger partial charge in [-0.05, 0) is 35.7 Å². The van der Waals surface area contributed by atoms with E-state index >= 15 is 0 Å². The van der Waals surface area contributed by atoms with Gasteiger partial charge in [0.2, 0.25) is 0 Å². The Kier molecular flexibility index (Phi) is 4.09. The molecule has 0 spiro atoms. The van der Waals surface area contributed by atoms with E-state index in [1.165, 1.54) is 11.1 Å². The molecule has 0 saturated heterocycles. The van der Waals surface area contributed by atoms with Crippen LogP contribution in [0.3, 0.4) is 0 Å². The van der Waals surface area contributed by atoms with Crippen molar-refractivity contribution in [2.45, 2.75) is 25.8 Å². The normalized spacial score (nSPS) is 14.0. The van der Waals surface area contributed by atoms with Crippen LogP contribution in [0, 0.1) is 0 Å². The average Bonchev–Trinajstić information content (AvgIpc) is 3.27. The van der Waals surface area contributed by atoms with Gasteiger partial charge >= 0.3 is 0 Å². The van der Waals surface area contributed by atoms with Crippen molar-refractivity contribution >= 4 is 5.69 Å². The summed E-state index contributed by atoms with van der Waals surface area (Å²) in [6.45, 7) is 2.97. The zero-order valence-corrected chi connectivity index (χ0v) is 14.4. The number of aryl methyl sites for hydroxylation is 1. The minimum absolute atomic E-state index is 0.224. The van der Waals surface area contributed by atoms with E-state index in [1.807, 2.05) is 24.0 Å². The summed E-state index contributed by atoms with van der Waals surface area (Å²) in [7, 11) is 1.93. The van der Waals surface area contributed by atoms with Gasteiger partial charge < -0.3 is 14.6 Å². The second-order valence-electron chi connectivity index (χ2n) is 6.30. The van der Waals surface area contributed by atoms with Crippen LogP contribution in [-0.2, 0) is 13.5 Å². The molecular formula is C19H21N5O. The minimum atomic E-state index is 0.224. The SMILES string of the molecule is CCC(Nc1cncc(-c2nncn2C)c1)c1ccc2c(c1)CCO2. The standard InChI is InChI=1S/C19H21N5O/c1-3-17(13-4-5-18-14(8-13)6-7-25-18)22-16-9-15(10-20-11-16)19-23-21-12-24(19)2/h4-5,8-12,17,22H,3,6-7H2,1-2H3. The number of ether oxygens (including phenoxy) is 1. The lowest BCUT2D eigenvalue weighted by atomic mass is 10.0. The van der Waals surface area contributed by atoms with E-state index in [2.05, 4.69) is 51.7 Å². The number of benzene rings is 1. The lowest BCUT2D eigenvalue weighted by Gasteiger charge is -2.19. The van der Waals surface area contributed by atoms with Gasteiger partial charge in [0.1, 0.15) is 12.1 Å². The van der Waals surface area contributed by atoms with Gasteiger partial charge in [-0.25, -0.2) is 0 Å². The summed E-state index contributed by atoms with van der Waals surface area (Å²) < 4.78 is 7.50. The smallest absolute Gasteiger partial charge is 0.165 e. The van der Waals surface area contributed by atoms with Crippen molar-refractivity contribution in [1.82, 2.24) is 19.7 Å². The van der Waals surface area contributed by atoms with Crippen molar-refractivity contribution in [1.29, 1.82) is 0 Å². The number of nitrogens with zero attached hydrogens (tertiary/aromatic N) is 4. The number of aromatic nitrogens is 4. The van der Waals surface area contributed by atoms with Gasteiger partial charge in [0.25, 0.3) is 0 Å². The highest BCUT2D eigenvalue weighted by atomic mass is 16.5. The molecule has 0 amide bonds. The van der Waals surface area contributed by atoms with Gasteiger partial charge in [-0.1, -0.05) is 13.0 Å². The molecule has 1 aliphatic rings. The number of pyridine rings is 1. The minimum Gasteiger partial charge on any atom is -0.493 e. The predicted octanol–water partition coefficient (Wildman–Crippen LogP) is 3.38. The van der Waals surface area contributed by atoms with E-state index in [0.29, 0.717) is 0 Å². The number of rotatable bonds is 5. The Balaban J connectivity index is 1.59.